The van der Waals surface area contributed by atoms with Gasteiger partial charge in [-0.3, -0.25) is 19.4 Å². The molecule has 1 unspecified atom stereocenters. The molecular formula is C31H28N4O3S. The molecule has 0 saturated heterocycles. The molecule has 3 aromatic carbocycles. The normalized spacial score (nSPS) is 11.8. The number of rotatable bonds is 9. The summed E-state index contributed by atoms with van der Waals surface area (Å²) in [6.07, 6.45) is 4.88. The van der Waals surface area contributed by atoms with E-state index >= 15 is 0 Å². The van der Waals surface area contributed by atoms with Crippen LogP contribution in [0.3, 0.4) is 0 Å². The van der Waals surface area contributed by atoms with Crippen LogP contribution in [0, 0.1) is 6.92 Å². The Kier molecular flexibility index (Phi) is 9.26. The van der Waals surface area contributed by atoms with Crippen LogP contribution in [-0.2, 0) is 9.59 Å². The largest absolute Gasteiger partial charge is 0.325 e. The average Bonchev–Trinajstić information content (AvgIpc) is 2.94. The van der Waals surface area contributed by atoms with Gasteiger partial charge >= 0.3 is 0 Å². The molecule has 0 aliphatic rings. The predicted molar refractivity (Wildman–Crippen MR) is 156 cm³/mol. The molecule has 1 heterocycles. The monoisotopic (exact) mass is 536 g/mol. The molecule has 0 radical (unpaired) electrons. The van der Waals surface area contributed by atoms with Gasteiger partial charge in [0, 0.05) is 34.2 Å². The maximum absolute atomic E-state index is 13.3. The molecule has 0 spiro atoms. The third-order valence-electron chi connectivity index (χ3n) is 5.60. The van der Waals surface area contributed by atoms with Gasteiger partial charge in [0.2, 0.25) is 5.91 Å². The summed E-state index contributed by atoms with van der Waals surface area (Å²) < 4.78 is 0. The van der Waals surface area contributed by atoms with Gasteiger partial charge in [0.05, 0.1) is 5.25 Å². The molecule has 0 aliphatic heterocycles. The van der Waals surface area contributed by atoms with Gasteiger partial charge in [0.15, 0.2) is 0 Å². The Bertz CT molecular complexity index is 1490. The van der Waals surface area contributed by atoms with E-state index in [2.05, 4.69) is 20.9 Å². The number of carbonyl (C=O) groups excluding carboxylic acids is 3. The average molecular weight is 537 g/mol. The fourth-order valence-corrected chi connectivity index (χ4v) is 4.58. The first-order valence-corrected chi connectivity index (χ1v) is 13.2. The number of thioether (sulfide) groups is 1. The number of benzene rings is 3. The Morgan fingerprint density at radius 3 is 2.31 bits per heavy atom. The van der Waals surface area contributed by atoms with Gasteiger partial charge in [-0.25, -0.2) is 0 Å². The Morgan fingerprint density at radius 1 is 0.821 bits per heavy atom. The number of hydrogen-bond donors (Lipinski definition) is 3. The van der Waals surface area contributed by atoms with Crippen molar-refractivity contribution in [2.24, 2.45) is 0 Å². The SMILES string of the molecule is Cc1cccc(/C=C(/NC(=O)c2ccccc2)C(=O)Nc2cccc(SC(C)C(=O)Nc3ccncc3)c2)c1. The van der Waals surface area contributed by atoms with Gasteiger partial charge in [-0.15, -0.1) is 11.8 Å². The summed E-state index contributed by atoms with van der Waals surface area (Å²) in [6.45, 7) is 3.77. The molecule has 0 aliphatic carbocycles. The van der Waals surface area contributed by atoms with Gasteiger partial charge in [-0.05, 0) is 68.0 Å². The molecule has 39 heavy (non-hydrogen) atoms. The maximum Gasteiger partial charge on any atom is 0.272 e. The van der Waals surface area contributed by atoms with E-state index in [9.17, 15) is 14.4 Å². The Morgan fingerprint density at radius 2 is 1.56 bits per heavy atom. The highest BCUT2D eigenvalue weighted by Crippen LogP contribution is 2.27. The lowest BCUT2D eigenvalue weighted by Gasteiger charge is -2.14. The summed E-state index contributed by atoms with van der Waals surface area (Å²) in [5, 5.41) is 8.11. The lowest BCUT2D eigenvalue weighted by Crippen LogP contribution is -2.30. The van der Waals surface area contributed by atoms with Crippen molar-refractivity contribution in [3.05, 3.63) is 126 Å². The van der Waals surface area contributed by atoms with Crippen LogP contribution in [-0.4, -0.2) is 28.0 Å². The van der Waals surface area contributed by atoms with E-state index in [1.807, 2.05) is 50.2 Å². The summed E-state index contributed by atoms with van der Waals surface area (Å²) in [7, 11) is 0. The number of nitrogens with one attached hydrogen (secondary N) is 3. The maximum atomic E-state index is 13.3. The third-order valence-corrected chi connectivity index (χ3v) is 6.70. The van der Waals surface area contributed by atoms with Crippen molar-refractivity contribution in [3.8, 4) is 0 Å². The predicted octanol–water partition coefficient (Wildman–Crippen LogP) is 5.92. The van der Waals surface area contributed by atoms with E-state index in [1.54, 1.807) is 73.1 Å². The number of nitrogens with zero attached hydrogens (tertiary/aromatic N) is 1. The molecule has 8 heteroatoms. The number of carbonyl (C=O) groups is 3. The van der Waals surface area contributed by atoms with Crippen molar-refractivity contribution in [2.45, 2.75) is 24.0 Å². The van der Waals surface area contributed by atoms with Crippen LogP contribution in [0.5, 0.6) is 0 Å². The summed E-state index contributed by atoms with van der Waals surface area (Å²) in [5.74, 6) is -0.998. The van der Waals surface area contributed by atoms with Crippen LogP contribution < -0.4 is 16.0 Å². The van der Waals surface area contributed by atoms with Crippen molar-refractivity contribution in [2.75, 3.05) is 10.6 Å². The van der Waals surface area contributed by atoms with E-state index in [1.165, 1.54) is 11.8 Å². The van der Waals surface area contributed by atoms with Gasteiger partial charge in [0.25, 0.3) is 11.8 Å². The number of aryl methyl sites for hydroxylation is 1. The van der Waals surface area contributed by atoms with Crippen molar-refractivity contribution in [1.29, 1.82) is 0 Å². The third kappa shape index (κ3) is 8.15. The molecule has 0 saturated carbocycles. The summed E-state index contributed by atoms with van der Waals surface area (Å²) in [6, 6.07) is 27.0. The van der Waals surface area contributed by atoms with Crippen LogP contribution in [0.1, 0.15) is 28.4 Å². The molecule has 0 bridgehead atoms. The van der Waals surface area contributed by atoms with Crippen molar-refractivity contribution in [1.82, 2.24) is 10.3 Å². The van der Waals surface area contributed by atoms with E-state index in [0.717, 1.165) is 16.0 Å². The fraction of sp³-hybridized carbons (Fsp3) is 0.0968. The van der Waals surface area contributed by atoms with E-state index < -0.39 is 5.91 Å². The second-order valence-electron chi connectivity index (χ2n) is 8.76. The number of hydrogen-bond acceptors (Lipinski definition) is 5. The molecular weight excluding hydrogens is 508 g/mol. The number of anilines is 2. The van der Waals surface area contributed by atoms with Crippen LogP contribution in [0.25, 0.3) is 6.08 Å². The summed E-state index contributed by atoms with van der Waals surface area (Å²) in [4.78, 5) is 43.6. The van der Waals surface area contributed by atoms with Crippen molar-refractivity contribution in [3.63, 3.8) is 0 Å². The molecule has 1 aromatic heterocycles. The minimum absolute atomic E-state index is 0.109. The zero-order valence-corrected chi connectivity index (χ0v) is 22.4. The molecule has 4 aromatic rings. The summed E-state index contributed by atoms with van der Waals surface area (Å²) >= 11 is 1.37. The molecule has 1 atom stereocenters. The van der Waals surface area contributed by atoms with Crippen molar-refractivity contribution >= 4 is 46.9 Å². The second kappa shape index (κ2) is 13.2. The fourth-order valence-electron chi connectivity index (χ4n) is 3.65. The number of amides is 3. The van der Waals surface area contributed by atoms with Gasteiger partial charge in [0.1, 0.15) is 5.70 Å². The van der Waals surface area contributed by atoms with Crippen LogP contribution in [0.4, 0.5) is 11.4 Å². The molecule has 196 valence electrons. The highest BCUT2D eigenvalue weighted by atomic mass is 32.2. The smallest absolute Gasteiger partial charge is 0.272 e. The molecule has 7 nitrogen and oxygen atoms in total. The minimum atomic E-state index is -0.466. The van der Waals surface area contributed by atoms with Crippen molar-refractivity contribution < 1.29 is 14.4 Å². The zero-order valence-electron chi connectivity index (χ0n) is 21.5. The topological polar surface area (TPSA) is 100 Å². The molecule has 3 N–H and O–H groups in total. The van der Waals surface area contributed by atoms with Crippen LogP contribution in [0.15, 0.2) is 114 Å². The number of aromatic nitrogens is 1. The lowest BCUT2D eigenvalue weighted by molar-refractivity contribution is -0.115. The zero-order chi connectivity index (χ0) is 27.6. The van der Waals surface area contributed by atoms with Gasteiger partial charge in [-0.2, -0.15) is 0 Å². The minimum Gasteiger partial charge on any atom is -0.325 e. The standard InChI is InChI=1S/C31H28N4O3S/c1-21-8-6-9-23(18-21)19-28(35-30(37)24-10-4-3-5-11-24)31(38)34-26-12-7-13-27(20-26)39-22(2)29(36)33-25-14-16-32-17-15-25/h3-20,22H,1-2H3,(H,34,38)(H,35,37)(H,32,33,36)/b28-19+. The number of pyridine rings is 1. The van der Waals surface area contributed by atoms with E-state index in [-0.39, 0.29) is 22.8 Å². The van der Waals surface area contributed by atoms with E-state index in [4.69, 9.17) is 0 Å². The Balaban J connectivity index is 1.48. The summed E-state index contributed by atoms with van der Waals surface area (Å²) in [5.41, 5.74) is 3.58. The first-order chi connectivity index (χ1) is 18.9. The Hall–Kier alpha value is -4.69. The lowest BCUT2D eigenvalue weighted by atomic mass is 10.1. The molecule has 0 fully saturated rings. The van der Waals surface area contributed by atoms with Gasteiger partial charge < -0.3 is 16.0 Å². The first-order valence-electron chi connectivity index (χ1n) is 12.3. The molecule has 4 rings (SSSR count). The highest BCUT2D eigenvalue weighted by Gasteiger charge is 2.17. The highest BCUT2D eigenvalue weighted by molar-refractivity contribution is 8.00. The quantitative estimate of drug-likeness (QED) is 0.182. The van der Waals surface area contributed by atoms with E-state index in [0.29, 0.717) is 16.9 Å². The second-order valence-corrected chi connectivity index (χ2v) is 10.2. The van der Waals surface area contributed by atoms with Crippen LogP contribution >= 0.6 is 11.8 Å². The Labute approximate surface area is 231 Å². The first kappa shape index (κ1) is 27.3. The van der Waals surface area contributed by atoms with Crippen LogP contribution in [0.2, 0.25) is 0 Å². The molecule has 3 amide bonds. The van der Waals surface area contributed by atoms with Gasteiger partial charge in [-0.1, -0.05) is 54.1 Å².